The second kappa shape index (κ2) is 10.9. The van der Waals surface area contributed by atoms with Crippen LogP contribution in [-0.2, 0) is 4.79 Å². The highest BCUT2D eigenvalue weighted by atomic mass is 32.2. The van der Waals surface area contributed by atoms with Crippen LogP contribution < -0.4 is 10.6 Å². The maximum atomic E-state index is 12.8. The number of carbonyl (C=O) groups excluding carboxylic acids is 1. The van der Waals surface area contributed by atoms with E-state index in [2.05, 4.69) is 15.6 Å². The number of aliphatic imine (C=N–C) groups is 1. The molecular formula is C16H25FN4OS. The van der Waals surface area contributed by atoms with E-state index in [0.29, 0.717) is 18.9 Å². The summed E-state index contributed by atoms with van der Waals surface area (Å²) in [6.07, 6.45) is 1.40. The van der Waals surface area contributed by atoms with Crippen LogP contribution >= 0.6 is 11.8 Å². The summed E-state index contributed by atoms with van der Waals surface area (Å²) >= 11 is 1.70. The summed E-state index contributed by atoms with van der Waals surface area (Å²) in [6.45, 7) is 1.34. The summed E-state index contributed by atoms with van der Waals surface area (Å²) in [6, 6.07) is 6.52. The molecule has 1 rings (SSSR count). The minimum absolute atomic E-state index is 0.0867. The molecule has 128 valence electrons. The molecule has 0 aromatic heterocycles. The first-order chi connectivity index (χ1) is 11.0. The Morgan fingerprint density at radius 2 is 1.87 bits per heavy atom. The van der Waals surface area contributed by atoms with Crippen molar-refractivity contribution in [1.29, 1.82) is 0 Å². The lowest BCUT2D eigenvalue weighted by Gasteiger charge is -2.13. The fourth-order valence-electron chi connectivity index (χ4n) is 1.73. The smallest absolute Gasteiger partial charge is 0.223 e. The van der Waals surface area contributed by atoms with Gasteiger partial charge in [0.25, 0.3) is 0 Å². The van der Waals surface area contributed by atoms with Gasteiger partial charge in [0, 0.05) is 45.5 Å². The molecule has 0 saturated heterocycles. The van der Waals surface area contributed by atoms with Gasteiger partial charge in [-0.25, -0.2) is 4.39 Å². The molecule has 0 fully saturated rings. The van der Waals surface area contributed by atoms with E-state index in [1.54, 1.807) is 49.9 Å². The van der Waals surface area contributed by atoms with Gasteiger partial charge in [-0.15, -0.1) is 11.8 Å². The van der Waals surface area contributed by atoms with Gasteiger partial charge in [-0.05, 0) is 36.4 Å². The van der Waals surface area contributed by atoms with Crippen molar-refractivity contribution in [1.82, 2.24) is 15.5 Å². The predicted octanol–water partition coefficient (Wildman–Crippen LogP) is 1.95. The zero-order valence-corrected chi connectivity index (χ0v) is 14.8. The lowest BCUT2D eigenvalue weighted by atomic mass is 10.4. The number of hydrogen-bond donors (Lipinski definition) is 2. The lowest BCUT2D eigenvalue weighted by molar-refractivity contribution is -0.128. The van der Waals surface area contributed by atoms with Crippen molar-refractivity contribution in [3.05, 3.63) is 30.1 Å². The summed E-state index contributed by atoms with van der Waals surface area (Å²) in [5.41, 5.74) is 0. The Labute approximate surface area is 141 Å². The maximum absolute atomic E-state index is 12.8. The van der Waals surface area contributed by atoms with E-state index in [1.165, 1.54) is 12.1 Å². The number of guanidine groups is 1. The topological polar surface area (TPSA) is 56.7 Å². The van der Waals surface area contributed by atoms with Crippen molar-refractivity contribution in [3.63, 3.8) is 0 Å². The van der Waals surface area contributed by atoms with Crippen molar-refractivity contribution >= 4 is 23.6 Å². The van der Waals surface area contributed by atoms with Crippen molar-refractivity contribution < 1.29 is 9.18 Å². The van der Waals surface area contributed by atoms with Crippen LogP contribution in [0.3, 0.4) is 0 Å². The zero-order valence-electron chi connectivity index (χ0n) is 13.9. The third kappa shape index (κ3) is 8.44. The van der Waals surface area contributed by atoms with Gasteiger partial charge in [-0.3, -0.25) is 9.79 Å². The highest BCUT2D eigenvalue weighted by Crippen LogP contribution is 2.18. The molecule has 0 saturated carbocycles. The maximum Gasteiger partial charge on any atom is 0.223 e. The Balaban J connectivity index is 2.13. The average Bonchev–Trinajstić information content (AvgIpc) is 2.54. The van der Waals surface area contributed by atoms with E-state index in [4.69, 9.17) is 0 Å². The van der Waals surface area contributed by atoms with E-state index >= 15 is 0 Å². The van der Waals surface area contributed by atoms with E-state index < -0.39 is 0 Å². The van der Waals surface area contributed by atoms with Crippen LogP contribution in [0.15, 0.2) is 34.2 Å². The number of rotatable bonds is 8. The highest BCUT2D eigenvalue weighted by Gasteiger charge is 2.04. The summed E-state index contributed by atoms with van der Waals surface area (Å²) in [4.78, 5) is 18.2. The summed E-state index contributed by atoms with van der Waals surface area (Å²) in [5.74, 6) is 1.51. The van der Waals surface area contributed by atoms with Gasteiger partial charge in [0.05, 0.1) is 0 Å². The molecule has 7 heteroatoms. The van der Waals surface area contributed by atoms with Gasteiger partial charge in [-0.2, -0.15) is 0 Å². The van der Waals surface area contributed by atoms with Gasteiger partial charge >= 0.3 is 0 Å². The van der Waals surface area contributed by atoms with Crippen LogP contribution in [0.1, 0.15) is 12.8 Å². The van der Waals surface area contributed by atoms with E-state index in [0.717, 1.165) is 23.6 Å². The standard InChI is InChI=1S/C16H25FN4OS/c1-18-16(20-11-9-15(22)21(2)3)19-10-4-12-23-14-7-5-13(17)6-8-14/h5-8H,4,9-12H2,1-3H3,(H2,18,19,20). The minimum Gasteiger partial charge on any atom is -0.356 e. The van der Waals surface area contributed by atoms with Crippen molar-refractivity contribution in [2.45, 2.75) is 17.7 Å². The zero-order chi connectivity index (χ0) is 17.1. The van der Waals surface area contributed by atoms with Gasteiger partial charge < -0.3 is 15.5 Å². The van der Waals surface area contributed by atoms with Crippen LogP contribution in [0.5, 0.6) is 0 Å². The molecule has 5 nitrogen and oxygen atoms in total. The minimum atomic E-state index is -0.210. The molecule has 0 unspecified atom stereocenters. The van der Waals surface area contributed by atoms with E-state index in [1.807, 2.05) is 0 Å². The number of nitrogens with zero attached hydrogens (tertiary/aromatic N) is 2. The second-order valence-corrected chi connectivity index (χ2v) is 6.29. The first kappa shape index (κ1) is 19.3. The fraction of sp³-hybridized carbons (Fsp3) is 0.500. The molecule has 0 heterocycles. The summed E-state index contributed by atoms with van der Waals surface area (Å²) in [7, 11) is 5.19. The van der Waals surface area contributed by atoms with Crippen LogP contribution in [0, 0.1) is 5.82 Å². The SMILES string of the molecule is CN=C(NCCCSc1ccc(F)cc1)NCCC(=O)N(C)C. The second-order valence-electron chi connectivity index (χ2n) is 5.12. The quantitative estimate of drug-likeness (QED) is 0.329. The number of nitrogens with one attached hydrogen (secondary N) is 2. The Morgan fingerprint density at radius 1 is 1.22 bits per heavy atom. The molecule has 1 aromatic carbocycles. The normalized spacial score (nSPS) is 11.2. The molecule has 23 heavy (non-hydrogen) atoms. The molecule has 0 aliphatic rings. The van der Waals surface area contributed by atoms with Crippen LogP contribution in [-0.4, -0.2) is 56.8 Å². The molecule has 1 aromatic rings. The van der Waals surface area contributed by atoms with Crippen LogP contribution in [0.2, 0.25) is 0 Å². The molecule has 2 N–H and O–H groups in total. The summed E-state index contributed by atoms with van der Waals surface area (Å²) < 4.78 is 12.8. The third-order valence-electron chi connectivity index (χ3n) is 3.05. The number of carbonyl (C=O) groups is 1. The Hall–Kier alpha value is -1.76. The van der Waals surface area contributed by atoms with Gasteiger partial charge in [0.15, 0.2) is 5.96 Å². The van der Waals surface area contributed by atoms with Crippen LogP contribution in [0.25, 0.3) is 0 Å². The Bertz CT molecular complexity index is 505. The van der Waals surface area contributed by atoms with E-state index in [9.17, 15) is 9.18 Å². The Morgan fingerprint density at radius 3 is 2.48 bits per heavy atom. The average molecular weight is 340 g/mol. The third-order valence-corrected chi connectivity index (χ3v) is 4.15. The Kier molecular flexibility index (Phi) is 9.12. The fourth-order valence-corrected chi connectivity index (χ4v) is 2.58. The molecule has 0 spiro atoms. The number of benzene rings is 1. The van der Waals surface area contributed by atoms with Crippen LogP contribution in [0.4, 0.5) is 4.39 Å². The highest BCUT2D eigenvalue weighted by molar-refractivity contribution is 7.99. The van der Waals surface area contributed by atoms with Crippen molar-refractivity contribution in [2.75, 3.05) is 40.0 Å². The largest absolute Gasteiger partial charge is 0.356 e. The predicted molar refractivity (Wildman–Crippen MR) is 94.4 cm³/mol. The van der Waals surface area contributed by atoms with Gasteiger partial charge in [0.1, 0.15) is 5.82 Å². The van der Waals surface area contributed by atoms with Crippen molar-refractivity contribution in [3.8, 4) is 0 Å². The number of halogens is 1. The monoisotopic (exact) mass is 340 g/mol. The molecule has 0 radical (unpaired) electrons. The number of thioether (sulfide) groups is 1. The number of hydrogen-bond acceptors (Lipinski definition) is 3. The van der Waals surface area contributed by atoms with Crippen molar-refractivity contribution in [2.24, 2.45) is 4.99 Å². The first-order valence-corrected chi connectivity index (χ1v) is 8.54. The molecule has 0 atom stereocenters. The first-order valence-electron chi connectivity index (χ1n) is 7.56. The van der Waals surface area contributed by atoms with E-state index in [-0.39, 0.29) is 11.7 Å². The lowest BCUT2D eigenvalue weighted by Crippen LogP contribution is -2.39. The molecule has 0 bridgehead atoms. The molecule has 0 aliphatic heterocycles. The molecule has 0 aliphatic carbocycles. The number of amides is 1. The molecular weight excluding hydrogens is 315 g/mol. The van der Waals surface area contributed by atoms with Gasteiger partial charge in [-0.1, -0.05) is 0 Å². The van der Waals surface area contributed by atoms with Gasteiger partial charge in [0.2, 0.25) is 5.91 Å². The molecule has 1 amide bonds. The summed E-state index contributed by atoms with van der Waals surface area (Å²) in [5, 5.41) is 6.32.